The number of nitrogens with zero attached hydrogens (tertiary/aromatic N) is 1. The second-order valence-corrected chi connectivity index (χ2v) is 5.65. The fraction of sp³-hybridized carbons (Fsp3) is 0.176. The number of aromatic nitrogens is 2. The van der Waals surface area contributed by atoms with Crippen molar-refractivity contribution >= 4 is 22.6 Å². The van der Waals surface area contributed by atoms with Crippen LogP contribution in [0.4, 0.5) is 5.69 Å². The minimum Gasteiger partial charge on any atom is -0.372 e. The molecule has 116 valence electrons. The molecule has 0 bridgehead atoms. The molecular formula is C17H15N3O3. The summed E-state index contributed by atoms with van der Waals surface area (Å²) in [5.41, 5.74) is 4.71. The van der Waals surface area contributed by atoms with Crippen molar-refractivity contribution in [1.29, 1.82) is 0 Å². The van der Waals surface area contributed by atoms with Gasteiger partial charge in [0.1, 0.15) is 0 Å². The lowest BCUT2D eigenvalue weighted by molar-refractivity contribution is 0.102. The number of benzene rings is 2. The summed E-state index contributed by atoms with van der Waals surface area (Å²) in [5.74, 6) is -0.213. The van der Waals surface area contributed by atoms with Crippen LogP contribution < -0.4 is 11.0 Å². The highest BCUT2D eigenvalue weighted by atomic mass is 16.5. The van der Waals surface area contributed by atoms with Crippen LogP contribution in [0.5, 0.6) is 0 Å². The molecule has 0 aliphatic carbocycles. The summed E-state index contributed by atoms with van der Waals surface area (Å²) in [4.78, 5) is 26.8. The summed E-state index contributed by atoms with van der Waals surface area (Å²) in [6, 6.07) is 10.9. The number of hydrogen-bond acceptors (Lipinski definition) is 3. The predicted octanol–water partition coefficient (Wildman–Crippen LogP) is 2.15. The molecule has 23 heavy (non-hydrogen) atoms. The summed E-state index contributed by atoms with van der Waals surface area (Å²) < 4.78 is 6.88. The van der Waals surface area contributed by atoms with E-state index in [0.717, 1.165) is 22.3 Å². The maximum atomic E-state index is 12.4. The Bertz CT molecular complexity index is 984. The average Bonchev–Trinajstić information content (AvgIpc) is 3.11. The molecule has 3 aromatic rings. The number of amides is 1. The molecule has 1 amide bonds. The third-order valence-corrected chi connectivity index (χ3v) is 4.15. The second kappa shape index (κ2) is 5.10. The van der Waals surface area contributed by atoms with Crippen LogP contribution in [0.2, 0.25) is 0 Å². The van der Waals surface area contributed by atoms with E-state index in [1.165, 1.54) is 4.57 Å². The van der Waals surface area contributed by atoms with Crippen LogP contribution >= 0.6 is 0 Å². The van der Waals surface area contributed by atoms with Crippen molar-refractivity contribution in [3.8, 4) is 0 Å². The van der Waals surface area contributed by atoms with E-state index < -0.39 is 0 Å². The van der Waals surface area contributed by atoms with Gasteiger partial charge in [0.15, 0.2) is 0 Å². The predicted molar refractivity (Wildman–Crippen MR) is 86.4 cm³/mol. The van der Waals surface area contributed by atoms with Crippen molar-refractivity contribution in [2.24, 2.45) is 7.05 Å². The highest BCUT2D eigenvalue weighted by Crippen LogP contribution is 2.23. The second-order valence-electron chi connectivity index (χ2n) is 5.65. The fourth-order valence-corrected chi connectivity index (χ4v) is 2.83. The lowest BCUT2D eigenvalue weighted by atomic mass is 10.1. The van der Waals surface area contributed by atoms with E-state index in [2.05, 4.69) is 10.3 Å². The third-order valence-electron chi connectivity index (χ3n) is 4.15. The van der Waals surface area contributed by atoms with Crippen molar-refractivity contribution in [1.82, 2.24) is 9.55 Å². The van der Waals surface area contributed by atoms with Crippen LogP contribution in [0.25, 0.3) is 11.0 Å². The van der Waals surface area contributed by atoms with Gasteiger partial charge in [-0.25, -0.2) is 4.79 Å². The normalized spacial score (nSPS) is 13.3. The number of H-pyrrole nitrogens is 1. The van der Waals surface area contributed by atoms with Crippen LogP contribution in [0.1, 0.15) is 21.5 Å². The topological polar surface area (TPSA) is 76.1 Å². The molecule has 6 nitrogen and oxygen atoms in total. The molecule has 2 aromatic carbocycles. The maximum absolute atomic E-state index is 12.4. The van der Waals surface area contributed by atoms with Crippen molar-refractivity contribution in [2.45, 2.75) is 13.2 Å². The summed E-state index contributed by atoms with van der Waals surface area (Å²) in [6.07, 6.45) is 0. The Kier molecular flexibility index (Phi) is 3.06. The van der Waals surface area contributed by atoms with E-state index in [4.69, 9.17) is 4.74 Å². The molecule has 0 radical (unpaired) electrons. The molecule has 0 saturated carbocycles. The van der Waals surface area contributed by atoms with Crippen molar-refractivity contribution < 1.29 is 9.53 Å². The zero-order valence-electron chi connectivity index (χ0n) is 12.6. The Balaban J connectivity index is 1.63. The molecular weight excluding hydrogens is 294 g/mol. The summed E-state index contributed by atoms with van der Waals surface area (Å²) >= 11 is 0. The van der Waals surface area contributed by atoms with Crippen LogP contribution in [-0.4, -0.2) is 15.5 Å². The first kappa shape index (κ1) is 13.8. The lowest BCUT2D eigenvalue weighted by Crippen LogP contribution is -2.12. The van der Waals surface area contributed by atoms with Crippen LogP contribution in [0.3, 0.4) is 0 Å². The maximum Gasteiger partial charge on any atom is 0.326 e. The van der Waals surface area contributed by atoms with Crippen LogP contribution in [-0.2, 0) is 25.0 Å². The minimum atomic E-state index is -0.213. The number of carbonyl (C=O) groups is 1. The smallest absolute Gasteiger partial charge is 0.326 e. The summed E-state index contributed by atoms with van der Waals surface area (Å²) in [5, 5.41) is 2.88. The molecule has 0 saturated heterocycles. The Morgan fingerprint density at radius 2 is 2.00 bits per heavy atom. The van der Waals surface area contributed by atoms with Gasteiger partial charge in [0.2, 0.25) is 0 Å². The van der Waals surface area contributed by atoms with Crippen molar-refractivity contribution in [2.75, 3.05) is 5.32 Å². The number of nitrogens with one attached hydrogen (secondary N) is 2. The molecule has 0 atom stereocenters. The SMILES string of the molecule is Cn1c(=O)[nH]c2cc(C(=O)Nc3ccc4c(c3)COC4)ccc21. The number of imidazole rings is 1. The minimum absolute atomic E-state index is 0.198. The summed E-state index contributed by atoms with van der Waals surface area (Å²) in [7, 11) is 1.69. The third kappa shape index (κ3) is 2.33. The summed E-state index contributed by atoms with van der Waals surface area (Å²) in [6.45, 7) is 1.21. The van der Waals surface area contributed by atoms with E-state index in [9.17, 15) is 9.59 Å². The first-order chi connectivity index (χ1) is 11.1. The molecule has 0 fully saturated rings. The van der Waals surface area contributed by atoms with Gasteiger partial charge in [0, 0.05) is 18.3 Å². The number of hydrogen-bond donors (Lipinski definition) is 2. The first-order valence-electron chi connectivity index (χ1n) is 7.31. The number of anilines is 1. The zero-order chi connectivity index (χ0) is 16.0. The quantitative estimate of drug-likeness (QED) is 0.761. The lowest BCUT2D eigenvalue weighted by Gasteiger charge is -2.07. The van der Waals surface area contributed by atoms with E-state index in [1.807, 2.05) is 18.2 Å². The standard InChI is InChI=1S/C17H15N3O3/c1-20-15-5-3-10(7-14(15)19-17(20)22)16(21)18-13-4-2-11-8-23-9-12(11)6-13/h2-7H,8-9H2,1H3,(H,18,21)(H,19,22). The van der Waals surface area contributed by atoms with Crippen molar-refractivity contribution in [3.63, 3.8) is 0 Å². The van der Waals surface area contributed by atoms with Crippen molar-refractivity contribution in [3.05, 3.63) is 63.6 Å². The Morgan fingerprint density at radius 3 is 2.87 bits per heavy atom. The monoisotopic (exact) mass is 309 g/mol. The van der Waals surface area contributed by atoms with Crippen LogP contribution in [0.15, 0.2) is 41.2 Å². The number of rotatable bonds is 2. The van der Waals surface area contributed by atoms with Gasteiger partial charge in [-0.2, -0.15) is 0 Å². The molecule has 2 N–H and O–H groups in total. The molecule has 0 unspecified atom stereocenters. The first-order valence-corrected chi connectivity index (χ1v) is 7.31. The number of carbonyl (C=O) groups excluding carboxylic acids is 1. The Hall–Kier alpha value is -2.86. The number of ether oxygens (including phenoxy) is 1. The fourth-order valence-electron chi connectivity index (χ4n) is 2.83. The van der Waals surface area contributed by atoms with Gasteiger partial charge in [0.25, 0.3) is 5.91 Å². The van der Waals surface area contributed by atoms with Gasteiger partial charge in [-0.05, 0) is 41.5 Å². The molecule has 1 aromatic heterocycles. The van der Waals surface area contributed by atoms with Gasteiger partial charge in [-0.15, -0.1) is 0 Å². The van der Waals surface area contributed by atoms with Gasteiger partial charge >= 0.3 is 5.69 Å². The number of aromatic amines is 1. The molecule has 6 heteroatoms. The number of aryl methyl sites for hydroxylation is 1. The molecule has 1 aliphatic heterocycles. The highest BCUT2D eigenvalue weighted by molar-refractivity contribution is 6.06. The van der Waals surface area contributed by atoms with Crippen LogP contribution in [0, 0.1) is 0 Å². The Labute approximate surface area is 131 Å². The average molecular weight is 309 g/mol. The molecule has 2 heterocycles. The van der Waals surface area contributed by atoms with E-state index in [0.29, 0.717) is 24.3 Å². The van der Waals surface area contributed by atoms with Gasteiger partial charge in [-0.3, -0.25) is 9.36 Å². The van der Waals surface area contributed by atoms with E-state index >= 15 is 0 Å². The van der Waals surface area contributed by atoms with E-state index in [-0.39, 0.29) is 11.6 Å². The van der Waals surface area contributed by atoms with E-state index in [1.54, 1.807) is 25.2 Å². The Morgan fingerprint density at radius 1 is 1.17 bits per heavy atom. The zero-order valence-corrected chi connectivity index (χ0v) is 12.6. The molecule has 0 spiro atoms. The van der Waals surface area contributed by atoms with Gasteiger partial charge in [-0.1, -0.05) is 6.07 Å². The highest BCUT2D eigenvalue weighted by Gasteiger charge is 2.13. The van der Waals surface area contributed by atoms with Gasteiger partial charge in [0.05, 0.1) is 24.2 Å². The number of fused-ring (bicyclic) bond motifs is 2. The molecule has 1 aliphatic rings. The van der Waals surface area contributed by atoms with Gasteiger partial charge < -0.3 is 15.0 Å². The largest absolute Gasteiger partial charge is 0.372 e. The molecule has 4 rings (SSSR count).